The number of hydrogen-bond donors (Lipinski definition) is 1. The Morgan fingerprint density at radius 1 is 1.26 bits per heavy atom. The number of hydrogen-bond acceptors (Lipinski definition) is 5. The van der Waals surface area contributed by atoms with Crippen molar-refractivity contribution in [2.75, 3.05) is 12.4 Å². The zero-order valence-corrected chi connectivity index (χ0v) is 11.2. The van der Waals surface area contributed by atoms with Gasteiger partial charge >= 0.3 is 10.1 Å². The molecular formula is C10H10F2N2O3S2. The first-order valence-electron chi connectivity index (χ1n) is 5.17. The highest BCUT2D eigenvalue weighted by Gasteiger charge is 2.24. The Hall–Kier alpha value is -1.48. The molecule has 104 valence electrons. The molecule has 19 heavy (non-hydrogen) atoms. The van der Waals surface area contributed by atoms with Crippen LogP contribution in [0.4, 0.5) is 8.78 Å². The molecule has 0 amide bonds. The molecule has 2 rings (SSSR count). The van der Waals surface area contributed by atoms with Gasteiger partial charge in [0, 0.05) is 5.75 Å². The zero-order valence-electron chi connectivity index (χ0n) is 9.53. The van der Waals surface area contributed by atoms with Gasteiger partial charge in [-0.1, -0.05) is 0 Å². The number of thiol groups is 1. The fraction of sp³-hybridized carbons (Fsp3) is 0.200. The van der Waals surface area contributed by atoms with E-state index in [1.165, 1.54) is 5.55 Å². The van der Waals surface area contributed by atoms with Gasteiger partial charge in [0.2, 0.25) is 0 Å². The first-order valence-corrected chi connectivity index (χ1v) is 8.17. The number of nitrogens with zero attached hydrogens (tertiary/aromatic N) is 2. The summed E-state index contributed by atoms with van der Waals surface area (Å²) in [6, 6.07) is 4.18. The molecular weight excluding hydrogens is 298 g/mol. The van der Waals surface area contributed by atoms with Gasteiger partial charge < -0.3 is 4.18 Å². The Morgan fingerprint density at radius 3 is 2.58 bits per heavy atom. The van der Waals surface area contributed by atoms with Gasteiger partial charge in [-0.2, -0.15) is 8.42 Å². The molecule has 1 heterocycles. The van der Waals surface area contributed by atoms with Crippen LogP contribution in [0.25, 0.3) is 0 Å². The molecule has 0 saturated carbocycles. The monoisotopic (exact) mass is 308 g/mol. The van der Waals surface area contributed by atoms with E-state index in [0.29, 0.717) is 0 Å². The Labute approximate surface area is 111 Å². The Balaban J connectivity index is 2.16. The molecule has 0 N–H and O–H groups in total. The van der Waals surface area contributed by atoms with E-state index in [1.807, 2.05) is 0 Å². The summed E-state index contributed by atoms with van der Waals surface area (Å²) >= 11 is 0. The molecule has 0 fully saturated rings. The molecule has 0 radical (unpaired) electrons. The minimum Gasteiger partial charge on any atom is -0.352 e. The first kappa shape index (κ1) is 13.9. The summed E-state index contributed by atoms with van der Waals surface area (Å²) in [5.41, 5.74) is 1.38. The zero-order chi connectivity index (χ0) is 13.9. The van der Waals surface area contributed by atoms with Crippen molar-refractivity contribution in [3.05, 3.63) is 30.1 Å². The SMILES string of the molecule is O=S(=O)(OC1=NN=C[SH]1CCF)c1ccc(F)cc1. The maximum Gasteiger partial charge on any atom is 0.341 e. The summed E-state index contributed by atoms with van der Waals surface area (Å²) in [5.74, 6) is -0.448. The smallest absolute Gasteiger partial charge is 0.341 e. The average Bonchev–Trinajstić information content (AvgIpc) is 2.77. The number of alkyl halides is 1. The third-order valence-electron chi connectivity index (χ3n) is 2.19. The second kappa shape index (κ2) is 5.66. The summed E-state index contributed by atoms with van der Waals surface area (Å²) in [6.07, 6.45) is 0. The molecule has 0 spiro atoms. The maximum atomic E-state index is 12.7. The summed E-state index contributed by atoms with van der Waals surface area (Å²) in [4.78, 5) is -0.196. The third kappa shape index (κ3) is 3.29. The third-order valence-corrected chi connectivity index (χ3v) is 5.25. The van der Waals surface area contributed by atoms with Crippen molar-refractivity contribution in [2.24, 2.45) is 10.2 Å². The van der Waals surface area contributed by atoms with Crippen molar-refractivity contribution in [3.63, 3.8) is 0 Å². The van der Waals surface area contributed by atoms with Crippen LogP contribution in [-0.2, 0) is 14.3 Å². The first-order chi connectivity index (χ1) is 9.03. The van der Waals surface area contributed by atoms with E-state index < -0.39 is 33.5 Å². The van der Waals surface area contributed by atoms with Gasteiger partial charge in [0.1, 0.15) is 10.7 Å². The van der Waals surface area contributed by atoms with Crippen LogP contribution in [0.5, 0.6) is 0 Å². The minimum atomic E-state index is -4.10. The van der Waals surface area contributed by atoms with Gasteiger partial charge in [-0.3, -0.25) is 4.39 Å². The average molecular weight is 308 g/mol. The minimum absolute atomic E-state index is 0.108. The molecule has 9 heteroatoms. The lowest BCUT2D eigenvalue weighted by Crippen LogP contribution is -2.14. The lowest BCUT2D eigenvalue weighted by atomic mass is 10.4. The summed E-state index contributed by atoms with van der Waals surface area (Å²) in [7, 11) is -5.36. The van der Waals surface area contributed by atoms with Crippen LogP contribution in [-0.4, -0.2) is 31.6 Å². The fourth-order valence-corrected chi connectivity index (χ4v) is 3.70. The number of benzene rings is 1. The molecule has 1 aromatic rings. The molecule has 0 bridgehead atoms. The molecule has 1 aliphatic heterocycles. The Morgan fingerprint density at radius 2 is 1.95 bits per heavy atom. The van der Waals surface area contributed by atoms with E-state index >= 15 is 0 Å². The Kier molecular flexibility index (Phi) is 4.15. The molecule has 5 nitrogen and oxygen atoms in total. The Bertz CT molecular complexity index is 614. The van der Waals surface area contributed by atoms with E-state index in [1.54, 1.807) is 0 Å². The van der Waals surface area contributed by atoms with E-state index in [-0.39, 0.29) is 15.9 Å². The number of rotatable bonds is 4. The van der Waals surface area contributed by atoms with Crippen molar-refractivity contribution in [1.82, 2.24) is 0 Å². The van der Waals surface area contributed by atoms with Gasteiger partial charge in [0.25, 0.3) is 5.23 Å². The van der Waals surface area contributed by atoms with E-state index in [4.69, 9.17) is 4.18 Å². The molecule has 1 atom stereocenters. The predicted molar refractivity (Wildman–Crippen MR) is 70.4 cm³/mol. The second-order valence-electron chi connectivity index (χ2n) is 3.49. The van der Waals surface area contributed by atoms with Crippen LogP contribution in [0, 0.1) is 5.82 Å². The van der Waals surface area contributed by atoms with Crippen molar-refractivity contribution in [1.29, 1.82) is 0 Å². The van der Waals surface area contributed by atoms with E-state index in [2.05, 4.69) is 10.2 Å². The predicted octanol–water partition coefficient (Wildman–Crippen LogP) is 1.81. The van der Waals surface area contributed by atoms with Crippen LogP contribution < -0.4 is 0 Å². The largest absolute Gasteiger partial charge is 0.352 e. The van der Waals surface area contributed by atoms with Crippen molar-refractivity contribution >= 4 is 31.8 Å². The second-order valence-corrected chi connectivity index (χ2v) is 7.03. The quantitative estimate of drug-likeness (QED) is 0.681. The van der Waals surface area contributed by atoms with Gasteiger partial charge in [-0.05, 0) is 24.3 Å². The molecule has 1 aliphatic rings. The summed E-state index contributed by atoms with van der Waals surface area (Å²) in [5, 5.41) is 6.96. The van der Waals surface area contributed by atoms with Crippen LogP contribution in [0.2, 0.25) is 0 Å². The van der Waals surface area contributed by atoms with Crippen LogP contribution >= 0.6 is 10.9 Å². The standard InChI is InChI=1S/C10H10F2N2O3S2/c11-5-6-18-7-13-14-10(18)17-19(15,16)9-3-1-8(12)2-4-9/h1-4,7,18H,5-6H2. The lowest BCUT2D eigenvalue weighted by Gasteiger charge is -2.13. The molecule has 0 aliphatic carbocycles. The normalized spacial score (nSPS) is 20.3. The van der Waals surface area contributed by atoms with E-state index in [0.717, 1.165) is 24.3 Å². The van der Waals surface area contributed by atoms with Gasteiger partial charge in [0.05, 0.1) is 12.2 Å². The van der Waals surface area contributed by atoms with Gasteiger partial charge in [-0.25, -0.2) is 4.39 Å². The summed E-state index contributed by atoms with van der Waals surface area (Å²) < 4.78 is 53.6. The summed E-state index contributed by atoms with van der Waals surface area (Å²) in [6.45, 7) is -0.614. The highest BCUT2D eigenvalue weighted by molar-refractivity contribution is 8.40. The fourth-order valence-electron chi connectivity index (χ4n) is 1.30. The van der Waals surface area contributed by atoms with Crippen LogP contribution in [0.15, 0.2) is 39.4 Å². The van der Waals surface area contributed by atoms with Crippen LogP contribution in [0.3, 0.4) is 0 Å². The maximum absolute atomic E-state index is 12.7. The molecule has 0 aromatic heterocycles. The van der Waals surface area contributed by atoms with Crippen molar-refractivity contribution < 1.29 is 21.4 Å². The van der Waals surface area contributed by atoms with Crippen LogP contribution in [0.1, 0.15) is 0 Å². The molecule has 1 unspecified atom stereocenters. The highest BCUT2D eigenvalue weighted by atomic mass is 32.2. The highest BCUT2D eigenvalue weighted by Crippen LogP contribution is 2.31. The molecule has 1 aromatic carbocycles. The van der Waals surface area contributed by atoms with Gasteiger partial charge in [0.15, 0.2) is 0 Å². The van der Waals surface area contributed by atoms with Crippen molar-refractivity contribution in [2.45, 2.75) is 4.90 Å². The van der Waals surface area contributed by atoms with Crippen molar-refractivity contribution in [3.8, 4) is 0 Å². The van der Waals surface area contributed by atoms with Gasteiger partial charge in [-0.15, -0.1) is 21.1 Å². The topological polar surface area (TPSA) is 68.1 Å². The number of halogens is 2. The lowest BCUT2D eigenvalue weighted by molar-refractivity contribution is 0.487. The molecule has 0 saturated heterocycles. The van der Waals surface area contributed by atoms with E-state index in [9.17, 15) is 17.2 Å².